The molecule has 1 heterocycles. The maximum atomic E-state index is 10.6. The molecule has 6 nitrogen and oxygen atoms in total. The lowest BCUT2D eigenvalue weighted by atomic mass is 9.97. The van der Waals surface area contributed by atoms with Gasteiger partial charge in [-0.15, -0.1) is 0 Å². The van der Waals surface area contributed by atoms with Crippen molar-refractivity contribution in [3.05, 3.63) is 41.0 Å². The van der Waals surface area contributed by atoms with Crippen LogP contribution in [0.2, 0.25) is 0 Å². The predicted octanol–water partition coefficient (Wildman–Crippen LogP) is 4.98. The van der Waals surface area contributed by atoms with Crippen molar-refractivity contribution in [3.63, 3.8) is 0 Å². The highest BCUT2D eigenvalue weighted by Crippen LogP contribution is 2.32. The Hall–Kier alpha value is -1.73. The van der Waals surface area contributed by atoms with E-state index in [1.165, 1.54) is 0 Å². The Morgan fingerprint density at radius 2 is 2.09 bits per heavy atom. The van der Waals surface area contributed by atoms with E-state index in [1.807, 2.05) is 24.1 Å². The molecule has 3 atom stereocenters. The Labute approximate surface area is 203 Å². The lowest BCUT2D eigenvalue weighted by Crippen LogP contribution is -2.40. The molecule has 2 aliphatic rings. The van der Waals surface area contributed by atoms with E-state index < -0.39 is 11.8 Å². The summed E-state index contributed by atoms with van der Waals surface area (Å²) in [6, 6.07) is 6.49. The first-order chi connectivity index (χ1) is 15.5. The van der Waals surface area contributed by atoms with E-state index >= 15 is 0 Å². The average molecular weight is 475 g/mol. The molecule has 0 bridgehead atoms. The highest BCUT2D eigenvalue weighted by atomic mass is 35.5. The summed E-state index contributed by atoms with van der Waals surface area (Å²) in [4.78, 5) is 4.69. The van der Waals surface area contributed by atoms with Crippen LogP contribution in [0.5, 0.6) is 0 Å². The van der Waals surface area contributed by atoms with E-state index in [2.05, 4.69) is 38.2 Å². The molecule has 0 radical (unpaired) electrons. The molecule has 1 fully saturated rings. The molecule has 1 saturated carbocycles. The molecule has 3 unspecified atom stereocenters. The number of hydrogen-bond donors (Lipinski definition) is 3. The molecule has 0 saturated heterocycles. The SMILES string of the molecule is CCC(C)C=C(c1ccc(C(O)NC2CC2)c(C)c1)N1N=C(Cl)CC(=NCC(C)(C)O)C1C. The minimum absolute atomic E-state index is 0.0905. The van der Waals surface area contributed by atoms with Crippen LogP contribution in [-0.2, 0) is 0 Å². The van der Waals surface area contributed by atoms with Crippen LogP contribution in [0.4, 0.5) is 0 Å². The van der Waals surface area contributed by atoms with Crippen molar-refractivity contribution in [1.82, 2.24) is 10.3 Å². The molecule has 0 aromatic heterocycles. The lowest BCUT2D eigenvalue weighted by Gasteiger charge is -2.34. The monoisotopic (exact) mass is 474 g/mol. The minimum atomic E-state index is -0.879. The van der Waals surface area contributed by atoms with E-state index in [1.54, 1.807) is 13.8 Å². The van der Waals surface area contributed by atoms with Crippen LogP contribution in [0, 0.1) is 12.8 Å². The van der Waals surface area contributed by atoms with E-state index in [0.717, 1.165) is 47.4 Å². The first-order valence-corrected chi connectivity index (χ1v) is 12.4. The van der Waals surface area contributed by atoms with E-state index in [9.17, 15) is 10.2 Å². The number of benzene rings is 1. The second-order valence-corrected chi connectivity index (χ2v) is 10.6. The Morgan fingerprint density at radius 3 is 2.67 bits per heavy atom. The van der Waals surface area contributed by atoms with E-state index in [0.29, 0.717) is 30.1 Å². The highest BCUT2D eigenvalue weighted by molar-refractivity contribution is 6.67. The largest absolute Gasteiger partial charge is 0.389 e. The number of aliphatic hydroxyl groups excluding tert-OH is 1. The van der Waals surface area contributed by atoms with Crippen LogP contribution in [0.15, 0.2) is 34.4 Å². The number of aliphatic hydroxyl groups is 2. The number of nitrogens with zero attached hydrogens (tertiary/aromatic N) is 3. The highest BCUT2D eigenvalue weighted by Gasteiger charge is 2.30. The molecular formula is C26H39ClN4O2. The van der Waals surface area contributed by atoms with Crippen LogP contribution in [-0.4, -0.2) is 50.3 Å². The number of hydrogen-bond acceptors (Lipinski definition) is 6. The third-order valence-electron chi connectivity index (χ3n) is 6.23. The summed E-state index contributed by atoms with van der Waals surface area (Å²) in [5.74, 6) is 0.349. The van der Waals surface area contributed by atoms with Gasteiger partial charge in [0.15, 0.2) is 0 Å². The fourth-order valence-corrected chi connectivity index (χ4v) is 4.04. The maximum absolute atomic E-state index is 10.6. The van der Waals surface area contributed by atoms with Gasteiger partial charge in [0, 0.05) is 18.2 Å². The smallest absolute Gasteiger partial charge is 0.132 e. The summed E-state index contributed by atoms with van der Waals surface area (Å²) < 4.78 is 0. The van der Waals surface area contributed by atoms with Gasteiger partial charge in [0.2, 0.25) is 0 Å². The Kier molecular flexibility index (Phi) is 8.38. The minimum Gasteiger partial charge on any atom is -0.389 e. The molecule has 3 N–H and O–H groups in total. The van der Waals surface area contributed by atoms with Crippen molar-refractivity contribution < 1.29 is 10.2 Å². The summed E-state index contributed by atoms with van der Waals surface area (Å²) >= 11 is 6.47. The van der Waals surface area contributed by atoms with Crippen molar-refractivity contribution in [2.45, 2.75) is 91.1 Å². The van der Waals surface area contributed by atoms with Crippen LogP contribution in [0.25, 0.3) is 5.70 Å². The molecule has 7 heteroatoms. The number of hydrazone groups is 1. The van der Waals surface area contributed by atoms with Crippen molar-refractivity contribution >= 4 is 28.2 Å². The second kappa shape index (κ2) is 10.7. The van der Waals surface area contributed by atoms with Crippen LogP contribution in [0.3, 0.4) is 0 Å². The zero-order chi connectivity index (χ0) is 24.3. The first kappa shape index (κ1) is 25.9. The number of aryl methyl sites for hydroxylation is 1. The average Bonchev–Trinajstić information content (AvgIpc) is 3.55. The zero-order valence-corrected chi connectivity index (χ0v) is 21.5. The fourth-order valence-electron chi connectivity index (χ4n) is 3.82. The summed E-state index contributed by atoms with van der Waals surface area (Å²) in [5, 5.41) is 31.1. The number of rotatable bonds is 9. The van der Waals surface area contributed by atoms with Gasteiger partial charge < -0.3 is 10.2 Å². The van der Waals surface area contributed by atoms with Gasteiger partial charge in [0.25, 0.3) is 0 Å². The summed E-state index contributed by atoms with van der Waals surface area (Å²) in [7, 11) is 0. The van der Waals surface area contributed by atoms with Crippen LogP contribution >= 0.6 is 11.6 Å². The van der Waals surface area contributed by atoms with Gasteiger partial charge in [-0.25, -0.2) is 0 Å². The standard InChI is InChI=1S/C26H39ClN4O2/c1-7-16(2)12-23(19-8-11-21(17(3)13-19)25(32)29-20-9-10-20)31-18(4)22(14-24(27)30-31)28-15-26(5,6)33/h8,11-13,16,18,20,25,29,32-33H,7,9-10,14-15H2,1-6H3. The summed E-state index contributed by atoms with van der Waals surface area (Å²) in [6.45, 7) is 12.3. The third kappa shape index (κ3) is 7.12. The van der Waals surface area contributed by atoms with E-state index in [4.69, 9.17) is 21.7 Å². The van der Waals surface area contributed by atoms with Gasteiger partial charge >= 0.3 is 0 Å². The van der Waals surface area contributed by atoms with Gasteiger partial charge in [0.1, 0.15) is 11.4 Å². The van der Waals surface area contributed by atoms with Crippen molar-refractivity contribution in [3.8, 4) is 0 Å². The van der Waals surface area contributed by atoms with Crippen molar-refractivity contribution in [2.75, 3.05) is 6.54 Å². The number of nitrogens with one attached hydrogen (secondary N) is 1. The molecule has 0 amide bonds. The van der Waals surface area contributed by atoms with Crippen molar-refractivity contribution in [2.24, 2.45) is 16.0 Å². The van der Waals surface area contributed by atoms with E-state index in [-0.39, 0.29) is 6.04 Å². The Bertz CT molecular complexity index is 931. The quantitative estimate of drug-likeness (QED) is 0.441. The molecule has 3 rings (SSSR count). The Balaban J connectivity index is 1.96. The summed E-state index contributed by atoms with van der Waals surface area (Å²) in [5.41, 5.74) is 3.96. The van der Waals surface area contributed by atoms with Gasteiger partial charge in [-0.1, -0.05) is 50.1 Å². The fraction of sp³-hybridized carbons (Fsp3) is 0.615. The third-order valence-corrected chi connectivity index (χ3v) is 6.43. The topological polar surface area (TPSA) is 80.5 Å². The lowest BCUT2D eigenvalue weighted by molar-refractivity contribution is 0.0902. The van der Waals surface area contributed by atoms with Gasteiger partial charge in [-0.05, 0) is 69.2 Å². The van der Waals surface area contributed by atoms with Crippen LogP contribution < -0.4 is 5.32 Å². The zero-order valence-electron chi connectivity index (χ0n) is 20.8. The molecule has 182 valence electrons. The Morgan fingerprint density at radius 1 is 1.39 bits per heavy atom. The number of aliphatic imine (C=N–C) groups is 1. The first-order valence-electron chi connectivity index (χ1n) is 12.0. The van der Waals surface area contributed by atoms with Gasteiger partial charge in [-0.3, -0.25) is 15.3 Å². The molecule has 1 aliphatic carbocycles. The molecule has 1 aliphatic heterocycles. The molecule has 1 aromatic carbocycles. The molecule has 1 aromatic rings. The molecule has 0 spiro atoms. The normalized spacial score (nSPS) is 23.0. The van der Waals surface area contributed by atoms with Gasteiger partial charge in [-0.2, -0.15) is 5.10 Å². The summed E-state index contributed by atoms with van der Waals surface area (Å²) in [6.07, 6.45) is 5.32. The maximum Gasteiger partial charge on any atom is 0.132 e. The molecule has 33 heavy (non-hydrogen) atoms. The van der Waals surface area contributed by atoms with Crippen LogP contribution in [0.1, 0.15) is 83.2 Å². The van der Waals surface area contributed by atoms with Gasteiger partial charge in [0.05, 0.1) is 23.9 Å². The number of allylic oxidation sites excluding steroid dienone is 1. The number of halogens is 1. The molecular weight excluding hydrogens is 436 g/mol. The second-order valence-electron chi connectivity index (χ2n) is 10.1. The van der Waals surface area contributed by atoms with Crippen molar-refractivity contribution in [1.29, 1.82) is 0 Å². The predicted molar refractivity (Wildman–Crippen MR) is 138 cm³/mol.